The second kappa shape index (κ2) is 9.12. The Balaban J connectivity index is 1.48. The van der Waals surface area contributed by atoms with E-state index in [0.29, 0.717) is 31.1 Å². The number of rotatable bonds is 7. The highest BCUT2D eigenvalue weighted by Crippen LogP contribution is 2.20. The lowest BCUT2D eigenvalue weighted by Gasteiger charge is -2.38. The van der Waals surface area contributed by atoms with Gasteiger partial charge in [0.05, 0.1) is 14.5 Å². The van der Waals surface area contributed by atoms with Crippen LogP contribution in [0.3, 0.4) is 0 Å². The van der Waals surface area contributed by atoms with Gasteiger partial charge in [-0.1, -0.05) is 30.3 Å². The molecule has 9 heteroatoms. The minimum Gasteiger partial charge on any atom is -0.329 e. The standard InChI is InChI=1S/C18H22BN3O5/c19-12-21-10-14(20-26-11-13-4-2-1-3-5-13)6-7-15(21)18(25)27-22-16(23)8-9-17(22)24/h1-5,14-15,20H,6-12H2/t14?,15-/m0/s1. The Labute approximate surface area is 159 Å². The Morgan fingerprint density at radius 2 is 1.85 bits per heavy atom. The molecule has 27 heavy (non-hydrogen) atoms. The first-order valence-corrected chi connectivity index (χ1v) is 9.01. The highest BCUT2D eigenvalue weighted by atomic mass is 16.7. The molecule has 8 nitrogen and oxygen atoms in total. The number of carbonyl (C=O) groups is 3. The average Bonchev–Trinajstić information content (AvgIpc) is 3.00. The molecule has 2 fully saturated rings. The molecule has 1 unspecified atom stereocenters. The van der Waals surface area contributed by atoms with Crippen LogP contribution in [0.25, 0.3) is 0 Å². The monoisotopic (exact) mass is 371 g/mol. The zero-order chi connectivity index (χ0) is 19.2. The number of amides is 2. The molecule has 142 valence electrons. The number of hydrogen-bond donors (Lipinski definition) is 1. The quantitative estimate of drug-likeness (QED) is 0.418. The molecule has 0 aromatic heterocycles. The van der Waals surface area contributed by atoms with Gasteiger partial charge in [-0.3, -0.25) is 19.3 Å². The van der Waals surface area contributed by atoms with Crippen molar-refractivity contribution in [3.63, 3.8) is 0 Å². The third-order valence-corrected chi connectivity index (χ3v) is 4.71. The van der Waals surface area contributed by atoms with Gasteiger partial charge in [0, 0.05) is 25.4 Å². The number of hydrogen-bond acceptors (Lipinski definition) is 7. The van der Waals surface area contributed by atoms with Crippen LogP contribution in [0.5, 0.6) is 0 Å². The highest BCUT2D eigenvalue weighted by Gasteiger charge is 2.38. The van der Waals surface area contributed by atoms with Crippen LogP contribution < -0.4 is 5.48 Å². The molecule has 2 radical (unpaired) electrons. The predicted octanol–water partition coefficient (Wildman–Crippen LogP) is 0.274. The predicted molar refractivity (Wildman–Crippen MR) is 95.7 cm³/mol. The maximum atomic E-state index is 12.4. The summed E-state index contributed by atoms with van der Waals surface area (Å²) in [6.07, 6.45) is 1.45. The summed E-state index contributed by atoms with van der Waals surface area (Å²) in [5, 5.41) is 0.574. The van der Waals surface area contributed by atoms with Crippen molar-refractivity contribution < 1.29 is 24.1 Å². The fourth-order valence-corrected chi connectivity index (χ4v) is 3.23. The highest BCUT2D eigenvalue weighted by molar-refractivity contribution is 6.09. The fraction of sp³-hybridized carbons (Fsp3) is 0.500. The zero-order valence-corrected chi connectivity index (χ0v) is 15.0. The second-order valence-corrected chi connectivity index (χ2v) is 6.63. The van der Waals surface area contributed by atoms with E-state index in [4.69, 9.17) is 17.5 Å². The molecule has 0 bridgehead atoms. The SMILES string of the molecule is [B]CN1CC(NOCc2ccccc2)CC[C@H]1C(=O)ON1C(=O)CCC1=O. The van der Waals surface area contributed by atoms with Crippen molar-refractivity contribution in [2.24, 2.45) is 0 Å². The molecule has 1 N–H and O–H groups in total. The lowest BCUT2D eigenvalue weighted by Crippen LogP contribution is -2.54. The summed E-state index contributed by atoms with van der Waals surface area (Å²) >= 11 is 0. The molecule has 1 aromatic rings. The molecule has 2 heterocycles. The van der Waals surface area contributed by atoms with Gasteiger partial charge in [-0.25, -0.2) is 4.79 Å². The van der Waals surface area contributed by atoms with Crippen LogP contribution in [0.1, 0.15) is 31.2 Å². The Morgan fingerprint density at radius 1 is 1.15 bits per heavy atom. The number of piperidine rings is 1. The molecule has 0 saturated carbocycles. The second-order valence-electron chi connectivity index (χ2n) is 6.63. The molecule has 2 saturated heterocycles. The van der Waals surface area contributed by atoms with Crippen molar-refractivity contribution in [3.05, 3.63) is 35.9 Å². The maximum Gasteiger partial charge on any atom is 0.350 e. The Hall–Kier alpha value is -2.23. The van der Waals surface area contributed by atoms with Gasteiger partial charge in [0.25, 0.3) is 11.8 Å². The van der Waals surface area contributed by atoms with Crippen LogP contribution >= 0.6 is 0 Å². The normalized spacial score (nSPS) is 23.6. The molecule has 3 rings (SSSR count). The van der Waals surface area contributed by atoms with E-state index in [1.165, 1.54) is 0 Å². The van der Waals surface area contributed by atoms with Crippen molar-refractivity contribution >= 4 is 25.6 Å². The Bertz CT molecular complexity index is 671. The van der Waals surface area contributed by atoms with Gasteiger partial charge >= 0.3 is 5.97 Å². The third-order valence-electron chi connectivity index (χ3n) is 4.71. The summed E-state index contributed by atoms with van der Waals surface area (Å²) < 4.78 is 0. The third kappa shape index (κ3) is 4.94. The van der Waals surface area contributed by atoms with E-state index in [9.17, 15) is 14.4 Å². The Kier molecular flexibility index (Phi) is 6.60. The molecule has 2 aliphatic heterocycles. The van der Waals surface area contributed by atoms with Gasteiger partial charge in [-0.05, 0) is 24.8 Å². The first-order valence-electron chi connectivity index (χ1n) is 9.01. The number of benzene rings is 1. The summed E-state index contributed by atoms with van der Waals surface area (Å²) in [6, 6.07) is 9.20. The number of carbonyl (C=O) groups excluding carboxylic acids is 3. The minimum absolute atomic E-state index is 0.0105. The van der Waals surface area contributed by atoms with E-state index in [-0.39, 0.29) is 25.3 Å². The molecule has 2 amide bonds. The van der Waals surface area contributed by atoms with Gasteiger partial charge in [-0.15, -0.1) is 5.06 Å². The van der Waals surface area contributed by atoms with Crippen LogP contribution in [0.4, 0.5) is 0 Å². The summed E-state index contributed by atoms with van der Waals surface area (Å²) in [6.45, 7) is 0.928. The van der Waals surface area contributed by atoms with Gasteiger partial charge in [0.2, 0.25) is 0 Å². The molecule has 1 aromatic carbocycles. The van der Waals surface area contributed by atoms with Crippen molar-refractivity contribution in [2.75, 3.05) is 13.0 Å². The number of nitrogens with zero attached hydrogens (tertiary/aromatic N) is 2. The van der Waals surface area contributed by atoms with E-state index in [2.05, 4.69) is 5.48 Å². The van der Waals surface area contributed by atoms with E-state index >= 15 is 0 Å². The number of likely N-dealkylation sites (tertiary alicyclic amines) is 1. The molecule has 2 atom stereocenters. The van der Waals surface area contributed by atoms with E-state index in [1.807, 2.05) is 30.3 Å². The Morgan fingerprint density at radius 3 is 2.52 bits per heavy atom. The molecule has 0 aliphatic carbocycles. The topological polar surface area (TPSA) is 88.2 Å². The molecule has 0 spiro atoms. The number of hydroxylamine groups is 3. The first-order chi connectivity index (χ1) is 13.1. The van der Waals surface area contributed by atoms with Crippen molar-refractivity contribution in [2.45, 2.75) is 44.4 Å². The van der Waals surface area contributed by atoms with Crippen molar-refractivity contribution in [1.82, 2.24) is 15.4 Å². The average molecular weight is 371 g/mol. The fourth-order valence-electron chi connectivity index (χ4n) is 3.23. The molecular formula is C18H22BN3O5. The van der Waals surface area contributed by atoms with Crippen LogP contribution in [0, 0.1) is 0 Å². The van der Waals surface area contributed by atoms with Crippen molar-refractivity contribution in [1.29, 1.82) is 0 Å². The van der Waals surface area contributed by atoms with Crippen LogP contribution in [-0.4, -0.2) is 60.7 Å². The molecular weight excluding hydrogens is 349 g/mol. The van der Waals surface area contributed by atoms with Gasteiger partial charge in [0.15, 0.2) is 0 Å². The van der Waals surface area contributed by atoms with E-state index in [1.54, 1.807) is 4.90 Å². The lowest BCUT2D eigenvalue weighted by atomic mass is 9.96. The van der Waals surface area contributed by atoms with E-state index in [0.717, 1.165) is 5.56 Å². The minimum atomic E-state index is -0.632. The largest absolute Gasteiger partial charge is 0.350 e. The van der Waals surface area contributed by atoms with E-state index < -0.39 is 23.8 Å². The van der Waals surface area contributed by atoms with Crippen LogP contribution in [0.15, 0.2) is 30.3 Å². The summed E-state index contributed by atoms with van der Waals surface area (Å²) in [7, 11) is 5.78. The summed E-state index contributed by atoms with van der Waals surface area (Å²) in [5.74, 6) is -1.61. The molecule has 2 aliphatic rings. The zero-order valence-electron chi connectivity index (χ0n) is 15.0. The lowest BCUT2D eigenvalue weighted by molar-refractivity contribution is -0.202. The van der Waals surface area contributed by atoms with Gasteiger partial charge in [0.1, 0.15) is 6.04 Å². The van der Waals surface area contributed by atoms with Gasteiger partial charge in [-0.2, -0.15) is 5.48 Å². The van der Waals surface area contributed by atoms with Crippen molar-refractivity contribution in [3.8, 4) is 0 Å². The summed E-state index contributed by atoms with van der Waals surface area (Å²) in [5.41, 5.74) is 4.07. The van der Waals surface area contributed by atoms with Gasteiger partial charge < -0.3 is 4.84 Å². The number of nitrogens with one attached hydrogen (secondary N) is 1. The first kappa shape index (κ1) is 19.5. The summed E-state index contributed by atoms with van der Waals surface area (Å²) in [4.78, 5) is 47.9. The maximum absolute atomic E-state index is 12.4. The van der Waals surface area contributed by atoms with Crippen LogP contribution in [0.2, 0.25) is 0 Å². The number of imide groups is 1. The smallest absolute Gasteiger partial charge is 0.329 e. The van der Waals surface area contributed by atoms with Crippen LogP contribution in [-0.2, 0) is 30.7 Å².